The molecule has 0 radical (unpaired) electrons. The van der Waals surface area contributed by atoms with Gasteiger partial charge in [0.05, 0.1) is 0 Å². The second kappa shape index (κ2) is 13.7. The van der Waals surface area contributed by atoms with Crippen LogP contribution in [0.25, 0.3) is 0 Å². The SMILES string of the molecule is CC1=[C-]C2=CC=CCC(C)(C)C2=C1.CC1=[C-]C2=CC=CCC(C)(C)C2=C1.[CH3][Ge]([CH3])=[Zr+2].[Cl-].[Cl-]. The Morgan fingerprint density at radius 3 is 1.38 bits per heavy atom. The molecule has 0 bridgehead atoms. The van der Waals surface area contributed by atoms with Crippen LogP contribution in [-0.4, -0.2) is 9.98 Å². The zero-order valence-corrected chi connectivity index (χ0v) is 26.9. The van der Waals surface area contributed by atoms with Crippen molar-refractivity contribution in [2.24, 2.45) is 10.8 Å². The molecule has 0 nitrogen and oxygen atoms in total. The monoisotopic (exact) mass is 606 g/mol. The Morgan fingerprint density at radius 2 is 1.06 bits per heavy atom. The van der Waals surface area contributed by atoms with Gasteiger partial charge in [0, 0.05) is 0 Å². The molecule has 0 atom stereocenters. The van der Waals surface area contributed by atoms with Gasteiger partial charge in [-0.2, -0.15) is 34.4 Å². The van der Waals surface area contributed by atoms with Gasteiger partial charge in [-0.1, -0.05) is 53.7 Å². The Labute approximate surface area is 225 Å². The Bertz CT molecular complexity index is 872. The summed E-state index contributed by atoms with van der Waals surface area (Å²) in [4.78, 5) is 0. The van der Waals surface area contributed by atoms with Crippen LogP contribution in [0.15, 0.2) is 82.0 Å². The molecule has 0 aromatic carbocycles. The second-order valence-corrected chi connectivity index (χ2v) is 26.9. The molecule has 4 aliphatic carbocycles. The molecule has 32 heavy (non-hydrogen) atoms. The summed E-state index contributed by atoms with van der Waals surface area (Å²) in [5.74, 6) is 4.75. The molecular formula is C28H36Cl2GeZr-2. The van der Waals surface area contributed by atoms with Crippen molar-refractivity contribution in [3.63, 3.8) is 0 Å². The molecule has 0 aromatic heterocycles. The Balaban J connectivity index is 0.000000490. The van der Waals surface area contributed by atoms with E-state index in [-0.39, 0.29) is 45.6 Å². The predicted octanol–water partition coefficient (Wildman–Crippen LogP) is 1.97. The van der Waals surface area contributed by atoms with E-state index in [2.05, 4.69) is 114 Å². The van der Waals surface area contributed by atoms with Gasteiger partial charge in [-0.25, -0.2) is 0 Å². The van der Waals surface area contributed by atoms with E-state index in [0.29, 0.717) is 0 Å². The van der Waals surface area contributed by atoms with Crippen molar-refractivity contribution < 1.29 is 46.4 Å². The molecule has 0 fully saturated rings. The van der Waals surface area contributed by atoms with Crippen molar-refractivity contribution in [2.75, 3.05) is 0 Å². The van der Waals surface area contributed by atoms with Crippen LogP contribution in [0, 0.1) is 23.0 Å². The largest absolute Gasteiger partial charge is 1.00 e. The quantitative estimate of drug-likeness (QED) is 0.292. The standard InChI is InChI=1S/2C13H15.C2H6Ge.2ClH.Zr/c2*1-10-8-11-6-4-5-7-13(2,3)12(11)9-10;1-3-2;;;/h2*4-6,9H,7H2,1-3H3;1-2H3;2*1H;/q2*-1;;;;+2/p-2. The van der Waals surface area contributed by atoms with Gasteiger partial charge in [-0.15, -0.1) is 47.6 Å². The fourth-order valence-corrected chi connectivity index (χ4v) is 3.88. The van der Waals surface area contributed by atoms with E-state index in [4.69, 9.17) is 0 Å². The van der Waals surface area contributed by atoms with Crippen molar-refractivity contribution in [3.05, 3.63) is 94.2 Å². The molecule has 0 aromatic rings. The third-order valence-electron chi connectivity index (χ3n) is 5.48. The molecule has 0 saturated heterocycles. The fraction of sp³-hybridized carbons (Fsp3) is 0.429. The second-order valence-electron chi connectivity index (χ2n) is 9.93. The average molecular weight is 607 g/mol. The van der Waals surface area contributed by atoms with E-state index in [0.717, 1.165) is 12.8 Å². The molecule has 0 unspecified atom stereocenters. The molecule has 0 saturated carbocycles. The summed E-state index contributed by atoms with van der Waals surface area (Å²) in [6.07, 6.45) is 26.6. The smallest absolute Gasteiger partial charge is 1.00 e. The summed E-state index contributed by atoms with van der Waals surface area (Å²) in [6, 6.07) is 0. The summed E-state index contributed by atoms with van der Waals surface area (Å²) < 4.78 is 0. The van der Waals surface area contributed by atoms with E-state index in [1.165, 1.54) is 33.4 Å². The molecule has 0 N–H and O–H groups in total. The normalized spacial score (nSPS) is 20.7. The first-order valence-electron chi connectivity index (χ1n) is 10.8. The summed E-state index contributed by atoms with van der Waals surface area (Å²) in [6.45, 7) is 13.4. The van der Waals surface area contributed by atoms with Crippen molar-refractivity contribution >= 4 is 9.98 Å². The van der Waals surface area contributed by atoms with E-state index in [1.54, 1.807) is 21.6 Å². The Morgan fingerprint density at radius 1 is 0.750 bits per heavy atom. The maximum Gasteiger partial charge on any atom is -1.00 e. The van der Waals surface area contributed by atoms with Crippen LogP contribution in [-0.2, 0) is 21.6 Å². The zero-order chi connectivity index (χ0) is 22.5. The van der Waals surface area contributed by atoms with Gasteiger partial charge in [0.15, 0.2) is 0 Å². The van der Waals surface area contributed by atoms with Crippen molar-refractivity contribution in [1.29, 1.82) is 0 Å². The number of allylic oxidation sites excluding steroid dienone is 16. The van der Waals surface area contributed by atoms with Crippen LogP contribution in [0.1, 0.15) is 54.4 Å². The average Bonchev–Trinajstić information content (AvgIpc) is 3.11. The van der Waals surface area contributed by atoms with E-state index < -0.39 is 0 Å². The molecule has 0 heterocycles. The van der Waals surface area contributed by atoms with Gasteiger partial charge in [-0.3, -0.25) is 0 Å². The van der Waals surface area contributed by atoms with Crippen LogP contribution >= 0.6 is 0 Å². The Kier molecular flexibility index (Phi) is 13.7. The maximum absolute atomic E-state index is 3.39. The first-order chi connectivity index (χ1) is 13.9. The zero-order valence-electron chi connectivity index (χ0n) is 20.8. The van der Waals surface area contributed by atoms with E-state index in [9.17, 15) is 0 Å². The number of hydrogen-bond donors (Lipinski definition) is 0. The van der Waals surface area contributed by atoms with Crippen molar-refractivity contribution in [1.82, 2.24) is 0 Å². The van der Waals surface area contributed by atoms with Crippen LogP contribution in [0.5, 0.6) is 0 Å². The predicted molar refractivity (Wildman–Crippen MR) is 130 cm³/mol. The van der Waals surface area contributed by atoms with Gasteiger partial charge in [0.2, 0.25) is 0 Å². The first-order valence-corrected chi connectivity index (χ1v) is 22.5. The number of halogens is 2. The number of hydrogen-bond acceptors (Lipinski definition) is 0. The van der Waals surface area contributed by atoms with Gasteiger partial charge < -0.3 is 24.8 Å². The molecule has 0 spiro atoms. The van der Waals surface area contributed by atoms with Gasteiger partial charge in [0.1, 0.15) is 0 Å². The van der Waals surface area contributed by atoms with E-state index >= 15 is 0 Å². The minimum Gasteiger partial charge on any atom is -1.00 e. The van der Waals surface area contributed by atoms with Gasteiger partial charge in [-0.05, 0) is 23.7 Å². The fourth-order valence-electron chi connectivity index (χ4n) is 3.88. The van der Waals surface area contributed by atoms with Crippen molar-refractivity contribution in [3.8, 4) is 0 Å². The summed E-state index contributed by atoms with van der Waals surface area (Å²) >= 11 is 1.80. The van der Waals surface area contributed by atoms with Gasteiger partial charge >= 0.3 is 43.1 Å². The topological polar surface area (TPSA) is 0 Å². The third kappa shape index (κ3) is 9.29. The molecule has 0 aliphatic heterocycles. The maximum atomic E-state index is 3.39. The first kappa shape index (κ1) is 31.9. The van der Waals surface area contributed by atoms with Gasteiger partial charge in [0.25, 0.3) is 0 Å². The molecule has 172 valence electrons. The van der Waals surface area contributed by atoms with Crippen molar-refractivity contribution in [2.45, 2.75) is 65.9 Å². The molecule has 4 heteroatoms. The Hall–Kier alpha value is -0.0740. The van der Waals surface area contributed by atoms with Crippen LogP contribution in [0.3, 0.4) is 0 Å². The number of rotatable bonds is 0. The van der Waals surface area contributed by atoms with Crippen LogP contribution in [0.2, 0.25) is 11.5 Å². The summed E-state index contributed by atoms with van der Waals surface area (Å²) in [5.41, 5.74) is 8.47. The molecule has 4 aliphatic rings. The minimum absolute atomic E-state index is 0. The minimum atomic E-state index is -0.243. The molecule has 4 rings (SSSR count). The van der Waals surface area contributed by atoms with Crippen LogP contribution in [0.4, 0.5) is 0 Å². The summed E-state index contributed by atoms with van der Waals surface area (Å²) in [7, 11) is -0.243. The van der Waals surface area contributed by atoms with E-state index in [1.807, 2.05) is 0 Å². The summed E-state index contributed by atoms with van der Waals surface area (Å²) in [5, 5.41) is 0. The van der Waals surface area contributed by atoms with Crippen LogP contribution < -0.4 is 24.8 Å². The number of fused-ring (bicyclic) bond motifs is 2. The third-order valence-corrected chi connectivity index (χ3v) is 5.48. The molecule has 0 amide bonds. The molecular weight excluding hydrogens is 571 g/mol.